The Balaban J connectivity index is 1.58. The average Bonchev–Trinajstić information content (AvgIpc) is 3.03. The fourth-order valence-electron chi connectivity index (χ4n) is 2.58. The zero-order valence-corrected chi connectivity index (χ0v) is 12.3. The fraction of sp³-hybridized carbons (Fsp3) is 0.267. The lowest BCUT2D eigenvalue weighted by Crippen LogP contribution is -2.29. The highest BCUT2D eigenvalue weighted by molar-refractivity contribution is 5.84. The molecule has 0 saturated heterocycles. The van der Waals surface area contributed by atoms with Gasteiger partial charge < -0.3 is 16.0 Å². The molecule has 1 aromatic carbocycles. The van der Waals surface area contributed by atoms with Crippen LogP contribution in [0.2, 0.25) is 0 Å². The molecule has 0 aliphatic rings. The van der Waals surface area contributed by atoms with Gasteiger partial charge in [0.25, 0.3) is 0 Å². The van der Waals surface area contributed by atoms with Gasteiger partial charge in [0.2, 0.25) is 5.91 Å². The first-order chi connectivity index (χ1) is 10.6. The molecule has 7 heteroatoms. The van der Waals surface area contributed by atoms with Gasteiger partial charge in [0, 0.05) is 23.1 Å². The molecule has 0 unspecified atom stereocenters. The number of aryl methyl sites for hydroxylation is 1. The third kappa shape index (κ3) is 2.93. The van der Waals surface area contributed by atoms with Crippen LogP contribution in [0.25, 0.3) is 10.9 Å². The van der Waals surface area contributed by atoms with Crippen molar-refractivity contribution in [1.29, 1.82) is 0 Å². The molecule has 0 bridgehead atoms. The quantitative estimate of drug-likeness (QED) is 0.654. The number of hydrogen-bond donors (Lipinski definition) is 3. The van der Waals surface area contributed by atoms with Crippen LogP contribution < -0.4 is 11.1 Å². The summed E-state index contributed by atoms with van der Waals surface area (Å²) in [5.41, 5.74) is 8.96. The Kier molecular flexibility index (Phi) is 3.78. The highest BCUT2D eigenvalue weighted by Crippen LogP contribution is 2.21. The number of nitrogens with one attached hydrogen (secondary N) is 2. The molecule has 0 saturated carbocycles. The number of H-pyrrole nitrogens is 1. The normalized spacial score (nSPS) is 11.0. The Morgan fingerprint density at radius 1 is 1.41 bits per heavy atom. The van der Waals surface area contributed by atoms with Gasteiger partial charge in [0.05, 0.1) is 6.20 Å². The van der Waals surface area contributed by atoms with Crippen LogP contribution in [-0.2, 0) is 17.8 Å². The summed E-state index contributed by atoms with van der Waals surface area (Å²) in [5, 5.41) is 11.5. The summed E-state index contributed by atoms with van der Waals surface area (Å²) in [6.45, 7) is 2.75. The van der Waals surface area contributed by atoms with E-state index in [2.05, 4.69) is 39.7 Å². The summed E-state index contributed by atoms with van der Waals surface area (Å²) in [6.07, 6.45) is 2.31. The SMILES string of the molecule is Cc1[nH]c2ccccc2c1CCNC(=O)Cn1cc(N)nn1. The maximum absolute atomic E-state index is 11.9. The van der Waals surface area contributed by atoms with Crippen LogP contribution in [0.15, 0.2) is 30.5 Å². The molecular weight excluding hydrogens is 280 g/mol. The van der Waals surface area contributed by atoms with Gasteiger partial charge in [-0.3, -0.25) is 4.79 Å². The number of aromatic nitrogens is 4. The van der Waals surface area contributed by atoms with E-state index in [-0.39, 0.29) is 12.5 Å². The van der Waals surface area contributed by atoms with Crippen molar-refractivity contribution in [1.82, 2.24) is 25.3 Å². The van der Waals surface area contributed by atoms with E-state index < -0.39 is 0 Å². The van der Waals surface area contributed by atoms with Crippen molar-refractivity contribution in [3.05, 3.63) is 41.7 Å². The molecule has 2 aromatic heterocycles. The minimum atomic E-state index is -0.109. The van der Waals surface area contributed by atoms with Crippen molar-refractivity contribution in [2.45, 2.75) is 19.9 Å². The maximum atomic E-state index is 11.9. The molecular formula is C15H18N6O. The molecule has 0 aliphatic carbocycles. The smallest absolute Gasteiger partial charge is 0.241 e. The zero-order chi connectivity index (χ0) is 15.5. The Morgan fingerprint density at radius 2 is 2.23 bits per heavy atom. The number of anilines is 1. The fourth-order valence-corrected chi connectivity index (χ4v) is 2.58. The molecule has 3 aromatic rings. The van der Waals surface area contributed by atoms with E-state index in [1.807, 2.05) is 12.1 Å². The standard InChI is InChI=1S/C15H18N6O/c1-10-11(12-4-2-3-5-13(12)18-10)6-7-17-15(22)9-21-8-14(16)19-20-21/h2-5,8,18H,6-7,9,16H2,1H3,(H,17,22). The highest BCUT2D eigenvalue weighted by atomic mass is 16.2. The molecule has 0 atom stereocenters. The molecule has 3 rings (SSSR count). The van der Waals surface area contributed by atoms with Crippen LogP contribution in [-0.4, -0.2) is 32.4 Å². The number of nitrogens with two attached hydrogens (primary N) is 1. The van der Waals surface area contributed by atoms with Gasteiger partial charge in [0.15, 0.2) is 5.82 Å². The molecule has 0 fully saturated rings. The second kappa shape index (κ2) is 5.88. The van der Waals surface area contributed by atoms with E-state index in [0.717, 1.165) is 17.6 Å². The zero-order valence-electron chi connectivity index (χ0n) is 12.3. The summed E-state index contributed by atoms with van der Waals surface area (Å²) < 4.78 is 1.42. The lowest BCUT2D eigenvalue weighted by molar-refractivity contribution is -0.121. The summed E-state index contributed by atoms with van der Waals surface area (Å²) in [4.78, 5) is 15.2. The van der Waals surface area contributed by atoms with Gasteiger partial charge in [-0.25, -0.2) is 4.68 Å². The monoisotopic (exact) mass is 298 g/mol. The predicted molar refractivity (Wildman–Crippen MR) is 84.2 cm³/mol. The van der Waals surface area contributed by atoms with Gasteiger partial charge in [-0.1, -0.05) is 23.4 Å². The van der Waals surface area contributed by atoms with Crippen LogP contribution in [0.5, 0.6) is 0 Å². The molecule has 0 radical (unpaired) electrons. The summed E-state index contributed by atoms with van der Waals surface area (Å²) in [5.74, 6) is 0.199. The summed E-state index contributed by atoms with van der Waals surface area (Å²) in [7, 11) is 0. The second-order valence-corrected chi connectivity index (χ2v) is 5.22. The van der Waals surface area contributed by atoms with Gasteiger partial charge in [-0.05, 0) is 25.0 Å². The van der Waals surface area contributed by atoms with Crippen molar-refractivity contribution in [2.75, 3.05) is 12.3 Å². The topological polar surface area (TPSA) is 102 Å². The lowest BCUT2D eigenvalue weighted by Gasteiger charge is -2.05. The maximum Gasteiger partial charge on any atom is 0.241 e. The highest BCUT2D eigenvalue weighted by Gasteiger charge is 2.09. The number of hydrogen-bond acceptors (Lipinski definition) is 4. The first-order valence-electron chi connectivity index (χ1n) is 7.12. The molecule has 22 heavy (non-hydrogen) atoms. The minimum absolute atomic E-state index is 0.109. The first-order valence-corrected chi connectivity index (χ1v) is 7.12. The number of carbonyl (C=O) groups excluding carboxylic acids is 1. The Labute approximate surface area is 127 Å². The number of nitrogens with zero attached hydrogens (tertiary/aromatic N) is 3. The second-order valence-electron chi connectivity index (χ2n) is 5.22. The molecule has 4 N–H and O–H groups in total. The Morgan fingerprint density at radius 3 is 3.00 bits per heavy atom. The van der Waals surface area contributed by atoms with E-state index in [4.69, 9.17) is 5.73 Å². The largest absolute Gasteiger partial charge is 0.381 e. The van der Waals surface area contributed by atoms with Crippen LogP contribution in [0.1, 0.15) is 11.3 Å². The van der Waals surface area contributed by atoms with Gasteiger partial charge in [-0.15, -0.1) is 5.10 Å². The number of nitrogen functional groups attached to an aromatic ring is 1. The van der Waals surface area contributed by atoms with Crippen LogP contribution in [0.3, 0.4) is 0 Å². The van der Waals surface area contributed by atoms with Crippen molar-refractivity contribution in [2.24, 2.45) is 0 Å². The molecule has 0 spiro atoms. The van der Waals surface area contributed by atoms with Crippen LogP contribution in [0, 0.1) is 6.92 Å². The Bertz CT molecular complexity index is 803. The number of aromatic amines is 1. The van der Waals surface area contributed by atoms with Crippen molar-refractivity contribution < 1.29 is 4.79 Å². The van der Waals surface area contributed by atoms with Crippen molar-refractivity contribution in [3.8, 4) is 0 Å². The van der Waals surface area contributed by atoms with E-state index in [9.17, 15) is 4.79 Å². The number of carbonyl (C=O) groups is 1. The first kappa shape index (κ1) is 14.1. The third-order valence-electron chi connectivity index (χ3n) is 3.59. The van der Waals surface area contributed by atoms with E-state index in [1.165, 1.54) is 21.8 Å². The number of fused-ring (bicyclic) bond motifs is 1. The number of para-hydroxylation sites is 1. The molecule has 2 heterocycles. The number of benzene rings is 1. The number of rotatable bonds is 5. The van der Waals surface area contributed by atoms with Crippen molar-refractivity contribution >= 4 is 22.6 Å². The van der Waals surface area contributed by atoms with E-state index >= 15 is 0 Å². The van der Waals surface area contributed by atoms with E-state index in [1.54, 1.807) is 0 Å². The van der Waals surface area contributed by atoms with Gasteiger partial charge >= 0.3 is 0 Å². The number of amides is 1. The lowest BCUT2D eigenvalue weighted by atomic mass is 10.1. The molecule has 7 nitrogen and oxygen atoms in total. The Hall–Kier alpha value is -2.83. The summed E-state index contributed by atoms with van der Waals surface area (Å²) in [6, 6.07) is 8.17. The van der Waals surface area contributed by atoms with Gasteiger partial charge in [0.1, 0.15) is 6.54 Å². The third-order valence-corrected chi connectivity index (χ3v) is 3.59. The molecule has 1 amide bonds. The van der Waals surface area contributed by atoms with Crippen molar-refractivity contribution in [3.63, 3.8) is 0 Å². The minimum Gasteiger partial charge on any atom is -0.381 e. The molecule has 114 valence electrons. The molecule has 0 aliphatic heterocycles. The summed E-state index contributed by atoms with van der Waals surface area (Å²) >= 11 is 0. The van der Waals surface area contributed by atoms with Gasteiger partial charge in [-0.2, -0.15) is 0 Å². The van der Waals surface area contributed by atoms with Crippen LogP contribution in [0.4, 0.5) is 5.82 Å². The average molecular weight is 298 g/mol. The van der Waals surface area contributed by atoms with Crippen LogP contribution >= 0.6 is 0 Å². The van der Waals surface area contributed by atoms with E-state index in [0.29, 0.717) is 12.4 Å². The predicted octanol–water partition coefficient (Wildman–Crippen LogP) is 1.01.